The molecule has 0 saturated heterocycles. The highest BCUT2D eigenvalue weighted by Crippen LogP contribution is 2.25. The van der Waals surface area contributed by atoms with E-state index < -0.39 is 0 Å². The maximum atomic E-state index is 12.0. The summed E-state index contributed by atoms with van der Waals surface area (Å²) in [6.45, 7) is 1.96. The molecule has 0 radical (unpaired) electrons. The molecular weight excluding hydrogens is 376 g/mol. The minimum atomic E-state index is -0.0666. The van der Waals surface area contributed by atoms with Gasteiger partial charge in [-0.2, -0.15) is 0 Å². The van der Waals surface area contributed by atoms with Crippen molar-refractivity contribution in [3.63, 3.8) is 0 Å². The second-order valence-corrected chi connectivity index (χ2v) is 7.42. The van der Waals surface area contributed by atoms with Crippen LogP contribution in [0.2, 0.25) is 5.15 Å². The predicted molar refractivity (Wildman–Crippen MR) is 110 cm³/mol. The lowest BCUT2D eigenvalue weighted by molar-refractivity contribution is 0.719. The van der Waals surface area contributed by atoms with E-state index in [0.717, 1.165) is 42.1 Å². The summed E-state index contributed by atoms with van der Waals surface area (Å²) in [6.07, 6.45) is 9.77. The molecule has 0 amide bonds. The van der Waals surface area contributed by atoms with Gasteiger partial charge in [-0.05, 0) is 43.9 Å². The van der Waals surface area contributed by atoms with E-state index in [2.05, 4.69) is 25.6 Å². The Balaban J connectivity index is 1.36. The summed E-state index contributed by atoms with van der Waals surface area (Å²) in [4.78, 5) is 24.8. The van der Waals surface area contributed by atoms with Crippen LogP contribution in [0.25, 0.3) is 5.69 Å². The molecule has 144 valence electrons. The Hall–Kier alpha value is -2.93. The van der Waals surface area contributed by atoms with E-state index in [0.29, 0.717) is 17.2 Å². The first-order chi connectivity index (χ1) is 13.6. The first-order valence-electron chi connectivity index (χ1n) is 9.23. The number of nitrogens with zero attached hydrogens (tertiary/aromatic N) is 4. The number of anilines is 2. The molecule has 0 unspecified atom stereocenters. The van der Waals surface area contributed by atoms with Crippen LogP contribution in [-0.2, 0) is 0 Å². The molecule has 3 aromatic rings. The zero-order valence-electron chi connectivity index (χ0n) is 15.5. The van der Waals surface area contributed by atoms with Crippen LogP contribution in [0.4, 0.5) is 11.6 Å². The number of aromatic nitrogens is 4. The van der Waals surface area contributed by atoms with Gasteiger partial charge in [0.2, 0.25) is 0 Å². The van der Waals surface area contributed by atoms with Crippen molar-refractivity contribution in [2.75, 3.05) is 10.6 Å². The van der Waals surface area contributed by atoms with Gasteiger partial charge in [-0.1, -0.05) is 17.7 Å². The lowest BCUT2D eigenvalue weighted by Crippen LogP contribution is -2.21. The maximum Gasteiger partial charge on any atom is 0.255 e. The summed E-state index contributed by atoms with van der Waals surface area (Å²) in [5, 5.41) is 7.26. The molecule has 4 rings (SSSR count). The highest BCUT2D eigenvalue weighted by molar-refractivity contribution is 6.29. The van der Waals surface area contributed by atoms with E-state index in [-0.39, 0.29) is 5.56 Å². The van der Waals surface area contributed by atoms with Gasteiger partial charge in [0.1, 0.15) is 16.8 Å². The zero-order valence-corrected chi connectivity index (χ0v) is 16.2. The summed E-state index contributed by atoms with van der Waals surface area (Å²) < 4.78 is 1.61. The van der Waals surface area contributed by atoms with Gasteiger partial charge in [-0.3, -0.25) is 9.36 Å². The summed E-state index contributed by atoms with van der Waals surface area (Å²) in [6, 6.07) is 7.86. The van der Waals surface area contributed by atoms with Crippen molar-refractivity contribution in [1.29, 1.82) is 0 Å². The molecule has 2 N–H and O–H groups in total. The van der Waals surface area contributed by atoms with Crippen molar-refractivity contribution < 1.29 is 0 Å². The summed E-state index contributed by atoms with van der Waals surface area (Å²) >= 11 is 5.77. The van der Waals surface area contributed by atoms with Crippen LogP contribution >= 0.6 is 11.6 Å². The molecule has 0 spiro atoms. The topological polar surface area (TPSA) is 84.7 Å². The zero-order chi connectivity index (χ0) is 19.5. The average molecular weight is 397 g/mol. The monoisotopic (exact) mass is 396 g/mol. The van der Waals surface area contributed by atoms with Crippen molar-refractivity contribution in [2.45, 2.75) is 38.3 Å². The molecule has 8 heteroatoms. The van der Waals surface area contributed by atoms with Gasteiger partial charge in [0.25, 0.3) is 5.56 Å². The summed E-state index contributed by atoms with van der Waals surface area (Å²) in [5.41, 5.74) is 1.71. The maximum absolute atomic E-state index is 12.0. The second-order valence-electron chi connectivity index (χ2n) is 7.04. The van der Waals surface area contributed by atoms with Crippen molar-refractivity contribution in [3.05, 3.63) is 70.1 Å². The van der Waals surface area contributed by atoms with E-state index >= 15 is 0 Å². The highest BCUT2D eigenvalue weighted by Gasteiger charge is 2.25. The molecular formula is C20H21ClN6O. The number of halogens is 1. The fraction of sp³-hybridized carbons (Fsp3) is 0.300. The largest absolute Gasteiger partial charge is 0.367 e. The third-order valence-electron chi connectivity index (χ3n) is 4.84. The predicted octanol–water partition coefficient (Wildman–Crippen LogP) is 3.43. The van der Waals surface area contributed by atoms with Crippen molar-refractivity contribution in [3.8, 4) is 5.69 Å². The molecule has 0 aromatic carbocycles. The van der Waals surface area contributed by atoms with E-state index in [1.165, 1.54) is 0 Å². The molecule has 28 heavy (non-hydrogen) atoms. The molecule has 1 aliphatic carbocycles. The minimum Gasteiger partial charge on any atom is -0.367 e. The third kappa shape index (κ3) is 4.31. The van der Waals surface area contributed by atoms with Crippen LogP contribution in [-0.4, -0.2) is 31.6 Å². The van der Waals surface area contributed by atoms with Gasteiger partial charge in [-0.15, -0.1) is 0 Å². The number of rotatable bonds is 5. The molecule has 0 aliphatic heterocycles. The molecule has 3 aromatic heterocycles. The van der Waals surface area contributed by atoms with Crippen LogP contribution in [0.1, 0.15) is 24.8 Å². The normalized spacial score (nSPS) is 18.8. The number of aryl methyl sites for hydroxylation is 1. The van der Waals surface area contributed by atoms with Crippen LogP contribution in [0.3, 0.4) is 0 Å². The Bertz CT molecular complexity index is 1000. The van der Waals surface area contributed by atoms with E-state index in [4.69, 9.17) is 11.6 Å². The van der Waals surface area contributed by atoms with E-state index in [1.54, 1.807) is 29.2 Å². The molecule has 7 nitrogen and oxygen atoms in total. The SMILES string of the molecule is Cc1ccc(=O)n(-c2ccc(N[C@H]3CC[C@H](Nc4cnc(Cl)cn4)C3)nc2)c1. The fourth-order valence-electron chi connectivity index (χ4n) is 3.46. The van der Waals surface area contributed by atoms with E-state index in [9.17, 15) is 4.79 Å². The van der Waals surface area contributed by atoms with E-state index in [1.807, 2.05) is 31.3 Å². The van der Waals surface area contributed by atoms with Gasteiger partial charge >= 0.3 is 0 Å². The van der Waals surface area contributed by atoms with Crippen LogP contribution < -0.4 is 16.2 Å². The van der Waals surface area contributed by atoms with Gasteiger partial charge < -0.3 is 10.6 Å². The third-order valence-corrected chi connectivity index (χ3v) is 5.04. The Kier molecular flexibility index (Phi) is 5.25. The number of nitrogens with one attached hydrogen (secondary N) is 2. The fourth-order valence-corrected chi connectivity index (χ4v) is 3.56. The minimum absolute atomic E-state index is 0.0666. The second kappa shape index (κ2) is 7.98. The molecule has 3 heterocycles. The smallest absolute Gasteiger partial charge is 0.255 e. The number of hydrogen-bond donors (Lipinski definition) is 2. The van der Waals surface area contributed by atoms with Crippen LogP contribution in [0.5, 0.6) is 0 Å². The summed E-state index contributed by atoms with van der Waals surface area (Å²) in [7, 11) is 0. The lowest BCUT2D eigenvalue weighted by atomic mass is 10.2. The first kappa shape index (κ1) is 18.4. The van der Waals surface area contributed by atoms with Crippen molar-refractivity contribution in [1.82, 2.24) is 19.5 Å². The molecule has 1 saturated carbocycles. The molecule has 1 fully saturated rings. The number of hydrogen-bond acceptors (Lipinski definition) is 6. The van der Waals surface area contributed by atoms with Crippen molar-refractivity contribution >= 4 is 23.2 Å². The van der Waals surface area contributed by atoms with Crippen LogP contribution in [0, 0.1) is 6.92 Å². The average Bonchev–Trinajstić information content (AvgIpc) is 3.13. The lowest BCUT2D eigenvalue weighted by Gasteiger charge is -2.16. The van der Waals surface area contributed by atoms with Crippen molar-refractivity contribution in [2.24, 2.45) is 0 Å². The Morgan fingerprint density at radius 2 is 1.71 bits per heavy atom. The molecule has 2 atom stereocenters. The number of pyridine rings is 2. The molecule has 0 bridgehead atoms. The van der Waals surface area contributed by atoms with Gasteiger partial charge in [-0.25, -0.2) is 15.0 Å². The Morgan fingerprint density at radius 1 is 0.964 bits per heavy atom. The Morgan fingerprint density at radius 3 is 2.39 bits per heavy atom. The van der Waals surface area contributed by atoms with Crippen LogP contribution in [0.15, 0.2) is 53.8 Å². The van der Waals surface area contributed by atoms with Gasteiger partial charge in [0.15, 0.2) is 0 Å². The van der Waals surface area contributed by atoms with Gasteiger partial charge in [0.05, 0.1) is 24.3 Å². The Labute approximate surface area is 167 Å². The first-order valence-corrected chi connectivity index (χ1v) is 9.61. The highest BCUT2D eigenvalue weighted by atomic mass is 35.5. The standard InChI is InChI=1S/C20H21ClN6O/c1-13-2-7-20(28)27(12-13)16-5-6-18(23-9-16)25-14-3-4-15(8-14)26-19-11-22-17(21)10-24-19/h2,5-7,9-12,14-15H,3-4,8H2,1H3,(H,23,25)(H,24,26)/t14-,15-/m0/s1. The summed E-state index contributed by atoms with van der Waals surface area (Å²) in [5.74, 6) is 1.54. The van der Waals surface area contributed by atoms with Gasteiger partial charge in [0, 0.05) is 24.3 Å². The quantitative estimate of drug-likeness (QED) is 0.687. The molecule has 1 aliphatic rings.